The number of nitrogens with two attached hydrogens (primary N) is 1. The predicted molar refractivity (Wildman–Crippen MR) is 59.4 cm³/mol. The summed E-state index contributed by atoms with van der Waals surface area (Å²) in [5, 5.41) is 0. The highest BCUT2D eigenvalue weighted by Crippen LogP contribution is 2.07. The Bertz CT molecular complexity index is 199. The lowest BCUT2D eigenvalue weighted by molar-refractivity contribution is -0.131. The van der Waals surface area contributed by atoms with E-state index >= 15 is 0 Å². The van der Waals surface area contributed by atoms with Crippen LogP contribution in [0.15, 0.2) is 0 Å². The molecule has 0 aromatic rings. The van der Waals surface area contributed by atoms with Gasteiger partial charge < -0.3 is 15.4 Å². The van der Waals surface area contributed by atoms with Crippen molar-refractivity contribution in [2.45, 2.75) is 32.7 Å². The van der Waals surface area contributed by atoms with Crippen molar-refractivity contribution in [2.75, 3.05) is 26.3 Å². The van der Waals surface area contributed by atoms with Crippen molar-refractivity contribution in [3.63, 3.8) is 0 Å². The van der Waals surface area contributed by atoms with Crippen LogP contribution in [0.2, 0.25) is 0 Å². The molecule has 0 aromatic carbocycles. The molecule has 1 fully saturated rings. The van der Waals surface area contributed by atoms with Gasteiger partial charge in [-0.1, -0.05) is 13.8 Å². The number of hydrogen-bond acceptors (Lipinski definition) is 3. The Morgan fingerprint density at radius 1 is 1.40 bits per heavy atom. The van der Waals surface area contributed by atoms with Gasteiger partial charge in [-0.3, -0.25) is 4.79 Å². The molecule has 0 spiro atoms. The molecular weight excluding hydrogens is 192 g/mol. The fourth-order valence-corrected chi connectivity index (χ4v) is 1.56. The molecule has 1 aliphatic rings. The Kier molecular flexibility index (Phi) is 5.05. The van der Waals surface area contributed by atoms with Crippen LogP contribution in [0, 0.1) is 5.92 Å². The molecule has 1 amide bonds. The van der Waals surface area contributed by atoms with Crippen molar-refractivity contribution in [1.82, 2.24) is 4.90 Å². The summed E-state index contributed by atoms with van der Waals surface area (Å²) >= 11 is 0. The topological polar surface area (TPSA) is 55.6 Å². The van der Waals surface area contributed by atoms with Gasteiger partial charge in [-0.15, -0.1) is 0 Å². The normalized spacial score (nSPS) is 20.1. The number of carbonyl (C=O) groups excluding carboxylic acids is 1. The van der Waals surface area contributed by atoms with E-state index in [1.807, 2.05) is 18.7 Å². The molecule has 0 aliphatic carbocycles. The van der Waals surface area contributed by atoms with Crippen molar-refractivity contribution < 1.29 is 9.53 Å². The van der Waals surface area contributed by atoms with Crippen molar-refractivity contribution >= 4 is 5.91 Å². The first-order chi connectivity index (χ1) is 7.11. The molecule has 1 atom stereocenters. The van der Waals surface area contributed by atoms with E-state index in [9.17, 15) is 4.79 Å². The van der Waals surface area contributed by atoms with E-state index in [2.05, 4.69) is 0 Å². The van der Waals surface area contributed by atoms with Crippen LogP contribution >= 0.6 is 0 Å². The molecule has 1 unspecified atom stereocenters. The first-order valence-corrected chi connectivity index (χ1v) is 5.72. The number of amides is 1. The average molecular weight is 214 g/mol. The van der Waals surface area contributed by atoms with E-state index < -0.39 is 0 Å². The van der Waals surface area contributed by atoms with Gasteiger partial charge in [0, 0.05) is 32.2 Å². The Morgan fingerprint density at radius 2 is 2.13 bits per heavy atom. The quantitative estimate of drug-likeness (QED) is 0.749. The Labute approximate surface area is 91.8 Å². The van der Waals surface area contributed by atoms with Gasteiger partial charge in [-0.05, 0) is 12.3 Å². The highest BCUT2D eigenvalue weighted by molar-refractivity contribution is 5.76. The zero-order valence-electron chi connectivity index (χ0n) is 9.74. The highest BCUT2D eigenvalue weighted by Gasteiger charge is 2.19. The number of nitrogens with zero attached hydrogens (tertiary/aromatic N) is 1. The molecule has 0 aromatic heterocycles. The van der Waals surface area contributed by atoms with E-state index in [1.165, 1.54) is 0 Å². The predicted octanol–water partition coefficient (Wildman–Crippen LogP) is 0.609. The Balaban J connectivity index is 2.37. The molecule has 4 nitrogen and oxygen atoms in total. The molecular formula is C11H22N2O2. The van der Waals surface area contributed by atoms with E-state index in [0.717, 1.165) is 19.6 Å². The van der Waals surface area contributed by atoms with Crippen molar-refractivity contribution in [2.24, 2.45) is 11.7 Å². The largest absolute Gasteiger partial charge is 0.380 e. The molecule has 15 heavy (non-hydrogen) atoms. The van der Waals surface area contributed by atoms with Crippen LogP contribution in [0.5, 0.6) is 0 Å². The molecule has 1 saturated heterocycles. The molecule has 1 rings (SSSR count). The molecule has 0 radical (unpaired) electrons. The molecule has 1 heterocycles. The minimum atomic E-state index is -0.0262. The number of carbonyl (C=O) groups is 1. The van der Waals surface area contributed by atoms with Gasteiger partial charge in [0.1, 0.15) is 0 Å². The molecule has 0 bridgehead atoms. The number of hydrogen-bond donors (Lipinski definition) is 1. The lowest BCUT2D eigenvalue weighted by Gasteiger charge is -2.23. The van der Waals surface area contributed by atoms with Gasteiger partial charge in [-0.2, -0.15) is 0 Å². The van der Waals surface area contributed by atoms with E-state index in [1.54, 1.807) is 0 Å². The number of ether oxygens (including phenoxy) is 1. The maximum Gasteiger partial charge on any atom is 0.224 e. The lowest BCUT2D eigenvalue weighted by Crippen LogP contribution is -2.39. The van der Waals surface area contributed by atoms with Crippen molar-refractivity contribution in [3.05, 3.63) is 0 Å². The van der Waals surface area contributed by atoms with Crippen LogP contribution in [0.25, 0.3) is 0 Å². The van der Waals surface area contributed by atoms with Gasteiger partial charge in [0.2, 0.25) is 5.91 Å². The summed E-state index contributed by atoms with van der Waals surface area (Å²) in [6.07, 6.45) is 1.39. The van der Waals surface area contributed by atoms with Crippen LogP contribution in [0.4, 0.5) is 0 Å². The zero-order chi connectivity index (χ0) is 11.3. The van der Waals surface area contributed by atoms with Crippen LogP contribution in [-0.4, -0.2) is 43.2 Å². The summed E-state index contributed by atoms with van der Waals surface area (Å²) in [6, 6.07) is -0.0262. The second-order valence-corrected chi connectivity index (χ2v) is 4.46. The maximum atomic E-state index is 11.9. The third-order valence-corrected chi connectivity index (χ3v) is 2.84. The fraction of sp³-hybridized carbons (Fsp3) is 0.909. The summed E-state index contributed by atoms with van der Waals surface area (Å²) in [5.41, 5.74) is 5.88. The average Bonchev–Trinajstić information content (AvgIpc) is 2.45. The minimum absolute atomic E-state index is 0.0262. The molecule has 1 aliphatic heterocycles. The summed E-state index contributed by atoms with van der Waals surface area (Å²) in [4.78, 5) is 13.7. The van der Waals surface area contributed by atoms with E-state index in [0.29, 0.717) is 25.5 Å². The molecule has 2 N–H and O–H groups in total. The molecule has 88 valence electrons. The molecule has 4 heteroatoms. The van der Waals surface area contributed by atoms with Gasteiger partial charge in [-0.25, -0.2) is 0 Å². The summed E-state index contributed by atoms with van der Waals surface area (Å²) in [5.74, 6) is 0.527. The lowest BCUT2D eigenvalue weighted by atomic mass is 10.0. The monoisotopic (exact) mass is 214 g/mol. The summed E-state index contributed by atoms with van der Waals surface area (Å²) < 4.78 is 5.30. The minimum Gasteiger partial charge on any atom is -0.380 e. The summed E-state index contributed by atoms with van der Waals surface area (Å²) in [7, 11) is 0. The van der Waals surface area contributed by atoms with Gasteiger partial charge in [0.05, 0.1) is 6.61 Å². The third-order valence-electron chi connectivity index (χ3n) is 2.84. The van der Waals surface area contributed by atoms with Gasteiger partial charge >= 0.3 is 0 Å². The molecule has 0 saturated carbocycles. The fourth-order valence-electron chi connectivity index (χ4n) is 1.56. The van der Waals surface area contributed by atoms with Gasteiger partial charge in [0.25, 0.3) is 0 Å². The second kappa shape index (κ2) is 6.08. The van der Waals surface area contributed by atoms with E-state index in [4.69, 9.17) is 10.5 Å². The highest BCUT2D eigenvalue weighted by atomic mass is 16.5. The third kappa shape index (κ3) is 4.18. The Morgan fingerprint density at radius 3 is 2.80 bits per heavy atom. The van der Waals surface area contributed by atoms with Crippen LogP contribution in [0.1, 0.15) is 26.7 Å². The van der Waals surface area contributed by atoms with E-state index in [-0.39, 0.29) is 11.9 Å². The SMILES string of the molecule is CC(C)C(N)CC(=O)N1CCCOCC1. The first-order valence-electron chi connectivity index (χ1n) is 5.72. The van der Waals surface area contributed by atoms with Crippen LogP contribution in [-0.2, 0) is 9.53 Å². The zero-order valence-corrected chi connectivity index (χ0v) is 9.74. The standard InChI is InChI=1S/C11H22N2O2/c1-9(2)10(12)8-11(14)13-4-3-6-15-7-5-13/h9-10H,3-8,12H2,1-2H3. The van der Waals surface area contributed by atoms with Crippen molar-refractivity contribution in [1.29, 1.82) is 0 Å². The second-order valence-electron chi connectivity index (χ2n) is 4.46. The first kappa shape index (κ1) is 12.5. The maximum absolute atomic E-state index is 11.9. The van der Waals surface area contributed by atoms with Crippen LogP contribution in [0.3, 0.4) is 0 Å². The summed E-state index contributed by atoms with van der Waals surface area (Å²) in [6.45, 7) is 7.03. The number of rotatable bonds is 3. The smallest absolute Gasteiger partial charge is 0.224 e. The Hall–Kier alpha value is -0.610. The van der Waals surface area contributed by atoms with Gasteiger partial charge in [0.15, 0.2) is 0 Å². The van der Waals surface area contributed by atoms with Crippen LogP contribution < -0.4 is 5.73 Å². The van der Waals surface area contributed by atoms with Crippen molar-refractivity contribution in [3.8, 4) is 0 Å².